The van der Waals surface area contributed by atoms with Crippen LogP contribution in [0.5, 0.6) is 0 Å². The van der Waals surface area contributed by atoms with Crippen LogP contribution in [0.25, 0.3) is 0 Å². The van der Waals surface area contributed by atoms with Crippen LogP contribution in [-0.2, 0) is 21.3 Å². The summed E-state index contributed by atoms with van der Waals surface area (Å²) in [7, 11) is -3.63. The third kappa shape index (κ3) is 7.21. The van der Waals surface area contributed by atoms with E-state index in [1.54, 1.807) is 6.07 Å². The molecule has 0 unspecified atom stereocenters. The average Bonchev–Trinajstić information content (AvgIpc) is 2.93. The van der Waals surface area contributed by atoms with Crippen LogP contribution in [0.4, 0.5) is 0 Å². The van der Waals surface area contributed by atoms with Crippen molar-refractivity contribution >= 4 is 27.3 Å². The number of nitrogens with zero attached hydrogens (tertiary/aromatic N) is 1. The maximum absolute atomic E-state index is 11.2. The number of nitrogens with two attached hydrogens (primary N) is 1. The van der Waals surface area contributed by atoms with Crippen LogP contribution in [0.3, 0.4) is 0 Å². The molecule has 0 saturated heterocycles. The molecule has 1 rings (SSSR count). The SMILES string of the molecule is CCNC(=NCc1ccc(S(N)(=O)=O)s1)NCCCOCC. The van der Waals surface area contributed by atoms with Crippen molar-refractivity contribution in [2.45, 2.75) is 31.0 Å². The predicted molar refractivity (Wildman–Crippen MR) is 89.6 cm³/mol. The Balaban J connectivity index is 2.52. The number of ether oxygens (including phenoxy) is 1. The minimum atomic E-state index is -3.63. The fraction of sp³-hybridized carbons (Fsp3) is 0.615. The van der Waals surface area contributed by atoms with Crippen molar-refractivity contribution in [3.63, 3.8) is 0 Å². The molecule has 0 atom stereocenters. The van der Waals surface area contributed by atoms with Crippen molar-refractivity contribution in [2.24, 2.45) is 10.1 Å². The van der Waals surface area contributed by atoms with E-state index in [1.807, 2.05) is 13.8 Å². The summed E-state index contributed by atoms with van der Waals surface area (Å²) in [5.41, 5.74) is 0. The lowest BCUT2D eigenvalue weighted by Crippen LogP contribution is -2.38. The van der Waals surface area contributed by atoms with Gasteiger partial charge in [-0.1, -0.05) is 0 Å². The van der Waals surface area contributed by atoms with E-state index >= 15 is 0 Å². The smallest absolute Gasteiger partial charge is 0.247 e. The lowest BCUT2D eigenvalue weighted by Gasteiger charge is -2.10. The molecule has 22 heavy (non-hydrogen) atoms. The van der Waals surface area contributed by atoms with Gasteiger partial charge in [0.2, 0.25) is 10.0 Å². The van der Waals surface area contributed by atoms with E-state index in [1.165, 1.54) is 6.07 Å². The number of hydrogen-bond acceptors (Lipinski definition) is 5. The molecule has 0 aliphatic carbocycles. The third-order valence-electron chi connectivity index (χ3n) is 2.62. The van der Waals surface area contributed by atoms with Crippen molar-refractivity contribution in [1.29, 1.82) is 0 Å². The molecule has 126 valence electrons. The van der Waals surface area contributed by atoms with Gasteiger partial charge in [0.25, 0.3) is 0 Å². The molecule has 9 heteroatoms. The van der Waals surface area contributed by atoms with E-state index in [-0.39, 0.29) is 4.21 Å². The normalized spacial score (nSPS) is 12.4. The second kappa shape index (κ2) is 9.78. The topological polar surface area (TPSA) is 106 Å². The number of sulfonamides is 1. The van der Waals surface area contributed by atoms with Crippen LogP contribution in [-0.4, -0.2) is 40.7 Å². The van der Waals surface area contributed by atoms with Crippen LogP contribution in [0.1, 0.15) is 25.1 Å². The molecule has 4 N–H and O–H groups in total. The minimum Gasteiger partial charge on any atom is -0.382 e. The van der Waals surface area contributed by atoms with Gasteiger partial charge in [-0.25, -0.2) is 18.5 Å². The van der Waals surface area contributed by atoms with E-state index in [4.69, 9.17) is 9.88 Å². The van der Waals surface area contributed by atoms with Gasteiger partial charge in [0, 0.05) is 31.2 Å². The maximum atomic E-state index is 11.2. The molecule has 0 amide bonds. The maximum Gasteiger partial charge on any atom is 0.247 e. The number of thiophene rings is 1. The van der Waals surface area contributed by atoms with Gasteiger partial charge >= 0.3 is 0 Å². The zero-order chi connectivity index (χ0) is 16.4. The van der Waals surface area contributed by atoms with Gasteiger partial charge in [0.1, 0.15) is 4.21 Å². The van der Waals surface area contributed by atoms with Gasteiger partial charge in [-0.15, -0.1) is 11.3 Å². The first-order chi connectivity index (χ1) is 10.5. The Morgan fingerprint density at radius 1 is 1.36 bits per heavy atom. The monoisotopic (exact) mass is 348 g/mol. The Bertz CT molecular complexity index is 570. The Labute approximate surface area is 136 Å². The molecular weight excluding hydrogens is 324 g/mol. The van der Waals surface area contributed by atoms with E-state index in [0.717, 1.165) is 42.3 Å². The molecule has 0 bridgehead atoms. The molecule has 1 aromatic rings. The highest BCUT2D eigenvalue weighted by atomic mass is 32.2. The molecule has 0 saturated carbocycles. The number of primary sulfonamides is 1. The largest absolute Gasteiger partial charge is 0.382 e. The molecule has 7 nitrogen and oxygen atoms in total. The van der Waals surface area contributed by atoms with Crippen molar-refractivity contribution in [3.05, 3.63) is 17.0 Å². The summed E-state index contributed by atoms with van der Waals surface area (Å²) in [5, 5.41) is 11.4. The number of guanidine groups is 1. The van der Waals surface area contributed by atoms with E-state index in [0.29, 0.717) is 19.1 Å². The minimum absolute atomic E-state index is 0.160. The molecule has 1 heterocycles. The van der Waals surface area contributed by atoms with Crippen molar-refractivity contribution in [2.75, 3.05) is 26.3 Å². The summed E-state index contributed by atoms with van der Waals surface area (Å²) in [6, 6.07) is 3.24. The molecule has 0 aliphatic heterocycles. The molecule has 0 spiro atoms. The Morgan fingerprint density at radius 2 is 2.14 bits per heavy atom. The molecule has 0 aliphatic rings. The van der Waals surface area contributed by atoms with Crippen molar-refractivity contribution in [3.8, 4) is 0 Å². The summed E-state index contributed by atoms with van der Waals surface area (Å²) >= 11 is 1.14. The van der Waals surface area contributed by atoms with Crippen LogP contribution in [0.15, 0.2) is 21.3 Å². The standard InChI is InChI=1S/C13H24N4O3S2/c1-3-15-13(16-8-5-9-20-4-2)17-10-11-6-7-12(21-11)22(14,18)19/h6-7H,3-5,8-10H2,1-2H3,(H2,14,18,19)(H2,15,16,17). The quantitative estimate of drug-likeness (QED) is 0.349. The molecule has 1 aromatic heterocycles. The second-order valence-electron chi connectivity index (χ2n) is 4.44. The third-order valence-corrected chi connectivity index (χ3v) is 5.13. The Morgan fingerprint density at radius 3 is 2.73 bits per heavy atom. The zero-order valence-electron chi connectivity index (χ0n) is 13.0. The van der Waals surface area contributed by atoms with Gasteiger partial charge in [0.15, 0.2) is 5.96 Å². The van der Waals surface area contributed by atoms with Gasteiger partial charge in [-0.3, -0.25) is 0 Å². The van der Waals surface area contributed by atoms with Crippen LogP contribution < -0.4 is 15.8 Å². The summed E-state index contributed by atoms with van der Waals surface area (Å²) in [5.74, 6) is 0.699. The Hall–Kier alpha value is -1.16. The molecule has 0 radical (unpaired) electrons. The van der Waals surface area contributed by atoms with E-state index in [2.05, 4.69) is 15.6 Å². The lowest BCUT2D eigenvalue weighted by molar-refractivity contribution is 0.145. The zero-order valence-corrected chi connectivity index (χ0v) is 14.6. The summed E-state index contributed by atoms with van der Waals surface area (Å²) in [6.45, 7) is 7.31. The van der Waals surface area contributed by atoms with E-state index < -0.39 is 10.0 Å². The van der Waals surface area contributed by atoms with Crippen molar-refractivity contribution < 1.29 is 13.2 Å². The highest BCUT2D eigenvalue weighted by Gasteiger charge is 2.10. The summed E-state index contributed by atoms with van der Waals surface area (Å²) in [6.07, 6.45) is 0.896. The van der Waals surface area contributed by atoms with Crippen LogP contribution in [0, 0.1) is 0 Å². The lowest BCUT2D eigenvalue weighted by atomic mass is 10.4. The highest BCUT2D eigenvalue weighted by Crippen LogP contribution is 2.20. The molecule has 0 aromatic carbocycles. The Kier molecular flexibility index (Phi) is 8.39. The van der Waals surface area contributed by atoms with Gasteiger partial charge < -0.3 is 15.4 Å². The fourth-order valence-electron chi connectivity index (χ4n) is 1.62. The van der Waals surface area contributed by atoms with Gasteiger partial charge in [0.05, 0.1) is 6.54 Å². The van der Waals surface area contributed by atoms with Gasteiger partial charge in [-0.05, 0) is 32.4 Å². The number of hydrogen-bond donors (Lipinski definition) is 3. The second-order valence-corrected chi connectivity index (χ2v) is 7.39. The molecule has 0 fully saturated rings. The first-order valence-corrected chi connectivity index (χ1v) is 9.55. The summed E-state index contributed by atoms with van der Waals surface area (Å²) < 4.78 is 27.9. The highest BCUT2D eigenvalue weighted by molar-refractivity contribution is 7.91. The predicted octanol–water partition coefficient (Wildman–Crippen LogP) is 0.877. The fourth-order valence-corrected chi connectivity index (χ4v) is 3.32. The summed E-state index contributed by atoms with van der Waals surface area (Å²) in [4.78, 5) is 5.27. The van der Waals surface area contributed by atoms with Crippen LogP contribution in [0.2, 0.25) is 0 Å². The first kappa shape index (κ1) is 18.9. The number of aliphatic imine (C=N–C) groups is 1. The average molecular weight is 348 g/mol. The molecular formula is C13H24N4O3S2. The number of rotatable bonds is 9. The van der Waals surface area contributed by atoms with E-state index in [9.17, 15) is 8.42 Å². The van der Waals surface area contributed by atoms with Gasteiger partial charge in [-0.2, -0.15) is 0 Å². The van der Waals surface area contributed by atoms with Crippen molar-refractivity contribution in [1.82, 2.24) is 10.6 Å². The number of nitrogens with one attached hydrogen (secondary N) is 2. The van der Waals surface area contributed by atoms with Crippen LogP contribution >= 0.6 is 11.3 Å². The first-order valence-electron chi connectivity index (χ1n) is 7.18.